The number of hydrogen-bond donors (Lipinski definition) is 2. The Morgan fingerprint density at radius 3 is 2.69 bits per heavy atom. The number of carbonyl (C=O) groups excluding carboxylic acids is 1. The van der Waals surface area contributed by atoms with Crippen LogP contribution in [0.15, 0.2) is 16.9 Å². The minimum absolute atomic E-state index is 0.0586. The number of nitrogens with one attached hydrogen (secondary N) is 1. The van der Waals surface area contributed by atoms with Gasteiger partial charge in [-0.05, 0) is 75.5 Å². The number of hydrogen-bond acceptors (Lipinski definition) is 6. The molecule has 0 heterocycles. The molecule has 0 saturated heterocycles. The summed E-state index contributed by atoms with van der Waals surface area (Å²) in [7, 11) is 0. The molecule has 0 aromatic heterocycles. The predicted molar refractivity (Wildman–Crippen MR) is 113 cm³/mol. The van der Waals surface area contributed by atoms with E-state index in [0.717, 1.165) is 44.2 Å². The summed E-state index contributed by atoms with van der Waals surface area (Å²) in [6.07, 6.45) is 8.76. The van der Waals surface area contributed by atoms with E-state index in [2.05, 4.69) is 30.6 Å². The SMILES string of the molecule is CC(C)(CN)ONC1=CC2C(N=O)C[C@@H]3[C@H](CC[C@]4(C)C(=O)CC[C@@H]34)[C@@]2(C)CC1. The summed E-state index contributed by atoms with van der Waals surface area (Å²) in [5.74, 6) is 2.00. The molecule has 162 valence electrons. The van der Waals surface area contributed by atoms with E-state index >= 15 is 0 Å². The monoisotopic (exact) mass is 403 g/mol. The summed E-state index contributed by atoms with van der Waals surface area (Å²) in [5, 5.41) is 3.62. The van der Waals surface area contributed by atoms with Crippen molar-refractivity contribution in [3.05, 3.63) is 16.7 Å². The number of carbonyl (C=O) groups is 1. The van der Waals surface area contributed by atoms with E-state index in [1.807, 2.05) is 13.8 Å². The number of allylic oxidation sites excluding steroid dienone is 1. The Bertz CT molecular complexity index is 720. The summed E-state index contributed by atoms with van der Waals surface area (Å²) in [6, 6.07) is -0.223. The van der Waals surface area contributed by atoms with E-state index in [1.54, 1.807) is 0 Å². The first kappa shape index (κ1) is 21.0. The van der Waals surface area contributed by atoms with Crippen molar-refractivity contribution < 1.29 is 9.63 Å². The Labute approximate surface area is 174 Å². The zero-order chi connectivity index (χ0) is 21.0. The van der Waals surface area contributed by atoms with E-state index in [0.29, 0.717) is 36.5 Å². The summed E-state index contributed by atoms with van der Waals surface area (Å²) in [6.45, 7) is 8.88. The van der Waals surface area contributed by atoms with E-state index in [1.165, 1.54) is 0 Å². The maximum atomic E-state index is 12.6. The third-order valence-corrected chi connectivity index (χ3v) is 9.08. The van der Waals surface area contributed by atoms with Gasteiger partial charge in [0, 0.05) is 30.0 Å². The second-order valence-corrected chi connectivity index (χ2v) is 11.1. The lowest BCUT2D eigenvalue weighted by Gasteiger charge is -2.59. The predicted octanol–water partition coefficient (Wildman–Crippen LogP) is 4.10. The molecule has 0 aromatic carbocycles. The van der Waals surface area contributed by atoms with Crippen LogP contribution in [0.3, 0.4) is 0 Å². The molecule has 7 atom stereocenters. The van der Waals surface area contributed by atoms with Gasteiger partial charge in [0.2, 0.25) is 0 Å². The lowest BCUT2D eigenvalue weighted by atomic mass is 9.45. The van der Waals surface area contributed by atoms with Crippen molar-refractivity contribution in [1.29, 1.82) is 0 Å². The van der Waals surface area contributed by atoms with Crippen LogP contribution in [0.1, 0.15) is 72.6 Å². The van der Waals surface area contributed by atoms with Crippen molar-refractivity contribution in [2.45, 2.75) is 84.3 Å². The van der Waals surface area contributed by atoms with Gasteiger partial charge < -0.3 is 5.73 Å². The normalized spacial score (nSPS) is 44.4. The number of rotatable bonds is 5. The van der Waals surface area contributed by atoms with E-state index in [-0.39, 0.29) is 22.8 Å². The van der Waals surface area contributed by atoms with Gasteiger partial charge in [-0.25, -0.2) is 0 Å². The van der Waals surface area contributed by atoms with Crippen LogP contribution in [0, 0.1) is 39.4 Å². The van der Waals surface area contributed by atoms with Crippen LogP contribution < -0.4 is 11.2 Å². The highest BCUT2D eigenvalue weighted by molar-refractivity contribution is 5.87. The number of hydroxylamine groups is 1. The first-order valence-electron chi connectivity index (χ1n) is 11.4. The van der Waals surface area contributed by atoms with E-state index in [4.69, 9.17) is 10.6 Å². The van der Waals surface area contributed by atoms with Crippen LogP contribution in [0.25, 0.3) is 0 Å². The Morgan fingerprint density at radius 2 is 2.00 bits per heavy atom. The first-order valence-corrected chi connectivity index (χ1v) is 11.4. The van der Waals surface area contributed by atoms with Crippen molar-refractivity contribution in [3.8, 4) is 0 Å². The number of Topliss-reactive ketones (excluding diaryl/α,β-unsaturated/α-hetero) is 1. The number of ketones is 1. The third-order valence-electron chi connectivity index (χ3n) is 9.08. The molecular weight excluding hydrogens is 366 g/mol. The van der Waals surface area contributed by atoms with Gasteiger partial charge in [0.25, 0.3) is 0 Å². The molecule has 3 N–H and O–H groups in total. The average molecular weight is 404 g/mol. The maximum Gasteiger partial charge on any atom is 0.139 e. The smallest absolute Gasteiger partial charge is 0.139 e. The zero-order valence-electron chi connectivity index (χ0n) is 18.4. The van der Waals surface area contributed by atoms with Gasteiger partial charge in [0.05, 0.1) is 6.04 Å². The molecule has 0 bridgehead atoms. The molecule has 6 heteroatoms. The van der Waals surface area contributed by atoms with Crippen LogP contribution in [-0.2, 0) is 9.63 Å². The minimum Gasteiger partial charge on any atom is -0.328 e. The van der Waals surface area contributed by atoms with Gasteiger partial charge in [-0.3, -0.25) is 15.1 Å². The van der Waals surface area contributed by atoms with Gasteiger partial charge in [0.1, 0.15) is 11.4 Å². The van der Waals surface area contributed by atoms with Crippen LogP contribution in [-0.4, -0.2) is 24.0 Å². The molecule has 3 fully saturated rings. The molecule has 4 rings (SSSR count). The zero-order valence-corrected chi connectivity index (χ0v) is 18.4. The van der Waals surface area contributed by atoms with Crippen LogP contribution in [0.5, 0.6) is 0 Å². The van der Waals surface area contributed by atoms with E-state index in [9.17, 15) is 9.70 Å². The Kier molecular flexibility index (Phi) is 5.18. The molecule has 6 nitrogen and oxygen atoms in total. The summed E-state index contributed by atoms with van der Waals surface area (Å²) >= 11 is 0. The number of fused-ring (bicyclic) bond motifs is 5. The molecule has 4 aliphatic rings. The molecule has 4 aliphatic carbocycles. The lowest BCUT2D eigenvalue weighted by Crippen LogP contribution is -2.56. The summed E-state index contributed by atoms with van der Waals surface area (Å²) in [5.41, 5.74) is 9.37. The minimum atomic E-state index is -0.440. The van der Waals surface area contributed by atoms with Crippen molar-refractivity contribution in [1.82, 2.24) is 5.48 Å². The highest BCUT2D eigenvalue weighted by Crippen LogP contribution is 2.65. The molecular formula is C23H37N3O3. The third kappa shape index (κ3) is 3.27. The molecule has 3 saturated carbocycles. The van der Waals surface area contributed by atoms with Gasteiger partial charge in [0.15, 0.2) is 0 Å². The molecule has 0 amide bonds. The first-order chi connectivity index (χ1) is 13.6. The van der Waals surface area contributed by atoms with Crippen LogP contribution in [0.4, 0.5) is 0 Å². The second-order valence-electron chi connectivity index (χ2n) is 11.1. The highest BCUT2D eigenvalue weighted by atomic mass is 16.7. The van der Waals surface area contributed by atoms with Crippen LogP contribution >= 0.6 is 0 Å². The topological polar surface area (TPSA) is 93.8 Å². The fraction of sp³-hybridized carbons (Fsp3) is 0.870. The summed E-state index contributed by atoms with van der Waals surface area (Å²) < 4.78 is 0. The molecule has 0 radical (unpaired) electrons. The standard InChI is InChI=1S/C23H37N3O3/c1-21(2,13-24)29-26-14-7-9-22(3)17-8-10-23(4)16(5-6-20(23)27)15(17)12-19(25-28)18(22)11-14/h11,15-19,26H,5-10,12-13,24H2,1-4H3/t15-,16-,17-,18?,19?,22+,23-/m0/s1. The lowest BCUT2D eigenvalue weighted by molar-refractivity contribution is -0.137. The number of nitrogens with zero attached hydrogens (tertiary/aromatic N) is 1. The van der Waals surface area contributed by atoms with Crippen molar-refractivity contribution >= 4 is 5.78 Å². The van der Waals surface area contributed by atoms with Crippen molar-refractivity contribution in [2.75, 3.05) is 6.54 Å². The highest BCUT2D eigenvalue weighted by Gasteiger charge is 2.61. The summed E-state index contributed by atoms with van der Waals surface area (Å²) in [4.78, 5) is 30.3. The average Bonchev–Trinajstić information content (AvgIpc) is 3.00. The number of nitrogens with two attached hydrogens (primary N) is 1. The molecule has 0 spiro atoms. The van der Waals surface area contributed by atoms with Crippen molar-refractivity contribution in [2.24, 2.45) is 45.4 Å². The van der Waals surface area contributed by atoms with Gasteiger partial charge >= 0.3 is 0 Å². The largest absolute Gasteiger partial charge is 0.328 e. The molecule has 0 aromatic rings. The molecule has 2 unspecified atom stereocenters. The second kappa shape index (κ2) is 7.16. The molecule has 0 aliphatic heterocycles. The van der Waals surface area contributed by atoms with E-state index < -0.39 is 5.60 Å². The quantitative estimate of drug-likeness (QED) is 0.532. The van der Waals surface area contributed by atoms with Crippen LogP contribution in [0.2, 0.25) is 0 Å². The van der Waals surface area contributed by atoms with Crippen molar-refractivity contribution in [3.63, 3.8) is 0 Å². The van der Waals surface area contributed by atoms with Gasteiger partial charge in [-0.1, -0.05) is 25.1 Å². The molecule has 29 heavy (non-hydrogen) atoms. The Balaban J connectivity index is 1.59. The van der Waals surface area contributed by atoms with Gasteiger partial charge in [-0.2, -0.15) is 4.91 Å². The fourth-order valence-electron chi connectivity index (χ4n) is 7.11. The Hall–Kier alpha value is -1.27. The number of nitroso groups, excluding NO2 is 1. The Morgan fingerprint density at radius 1 is 1.24 bits per heavy atom. The fourth-order valence-corrected chi connectivity index (χ4v) is 7.11. The van der Waals surface area contributed by atoms with Gasteiger partial charge in [-0.15, -0.1) is 0 Å². The maximum absolute atomic E-state index is 12.6.